The standard InChI is InChI=1S/C11H17F3N2OS/c1-7(2)4-15-6-10(3,17)8-5-16-9(18-8)11(12,13)14/h5,7,15,17H,4,6H2,1-3H3. The van der Waals surface area contributed by atoms with Crippen molar-refractivity contribution < 1.29 is 18.3 Å². The van der Waals surface area contributed by atoms with Crippen molar-refractivity contribution in [1.29, 1.82) is 0 Å². The normalized spacial score (nSPS) is 16.0. The zero-order valence-corrected chi connectivity index (χ0v) is 11.3. The van der Waals surface area contributed by atoms with Gasteiger partial charge in [0, 0.05) is 12.7 Å². The molecule has 0 aliphatic carbocycles. The predicted molar refractivity (Wildman–Crippen MR) is 64.4 cm³/mol. The fourth-order valence-corrected chi connectivity index (χ4v) is 2.17. The Morgan fingerprint density at radius 2 is 2.06 bits per heavy atom. The number of halogens is 3. The zero-order valence-electron chi connectivity index (χ0n) is 10.5. The van der Waals surface area contributed by atoms with E-state index in [0.29, 0.717) is 23.8 Å². The molecule has 18 heavy (non-hydrogen) atoms. The summed E-state index contributed by atoms with van der Waals surface area (Å²) in [6.07, 6.45) is -3.37. The number of nitrogens with one attached hydrogen (secondary N) is 1. The van der Waals surface area contributed by atoms with Crippen molar-refractivity contribution in [2.45, 2.75) is 32.5 Å². The molecule has 104 valence electrons. The fraction of sp³-hybridized carbons (Fsp3) is 0.727. The zero-order chi connectivity index (χ0) is 14.0. The van der Waals surface area contributed by atoms with Gasteiger partial charge in [0.05, 0.1) is 4.88 Å². The Balaban J connectivity index is 2.70. The van der Waals surface area contributed by atoms with Crippen molar-refractivity contribution in [3.05, 3.63) is 16.1 Å². The van der Waals surface area contributed by atoms with Gasteiger partial charge in [0.2, 0.25) is 0 Å². The van der Waals surface area contributed by atoms with Crippen LogP contribution in [0.15, 0.2) is 6.20 Å². The Kier molecular flexibility index (Phi) is 4.74. The lowest BCUT2D eigenvalue weighted by molar-refractivity contribution is -0.137. The molecular formula is C11H17F3N2OS. The maximum absolute atomic E-state index is 12.4. The fourth-order valence-electron chi connectivity index (χ4n) is 1.35. The van der Waals surface area contributed by atoms with Crippen molar-refractivity contribution in [1.82, 2.24) is 10.3 Å². The third-order valence-electron chi connectivity index (χ3n) is 2.30. The lowest BCUT2D eigenvalue weighted by atomic mass is 10.1. The summed E-state index contributed by atoms with van der Waals surface area (Å²) in [5.41, 5.74) is -1.34. The molecule has 0 fully saturated rings. The van der Waals surface area contributed by atoms with Gasteiger partial charge in [-0.05, 0) is 19.4 Å². The first-order valence-corrected chi connectivity index (χ1v) is 6.41. The number of nitrogens with zero attached hydrogens (tertiary/aromatic N) is 1. The van der Waals surface area contributed by atoms with E-state index in [0.717, 1.165) is 6.20 Å². The molecule has 7 heteroatoms. The number of rotatable bonds is 5. The van der Waals surface area contributed by atoms with Gasteiger partial charge in [0.15, 0.2) is 5.01 Å². The molecule has 0 spiro atoms. The molecule has 0 bridgehead atoms. The summed E-state index contributed by atoms with van der Waals surface area (Å²) in [6, 6.07) is 0. The van der Waals surface area contributed by atoms with Crippen LogP contribution in [0.3, 0.4) is 0 Å². The monoisotopic (exact) mass is 282 g/mol. The molecule has 0 saturated carbocycles. The van der Waals surface area contributed by atoms with Gasteiger partial charge in [-0.2, -0.15) is 13.2 Å². The van der Waals surface area contributed by atoms with Crippen LogP contribution in [-0.2, 0) is 11.8 Å². The van der Waals surface area contributed by atoms with Crippen LogP contribution in [0.2, 0.25) is 0 Å². The summed E-state index contributed by atoms with van der Waals surface area (Å²) in [6.45, 7) is 6.39. The second kappa shape index (κ2) is 5.54. The molecule has 1 unspecified atom stereocenters. The van der Waals surface area contributed by atoms with Crippen molar-refractivity contribution in [2.24, 2.45) is 5.92 Å². The van der Waals surface area contributed by atoms with Crippen LogP contribution in [0.1, 0.15) is 30.7 Å². The number of aromatic nitrogens is 1. The number of hydrogen-bond acceptors (Lipinski definition) is 4. The molecule has 2 N–H and O–H groups in total. The van der Waals surface area contributed by atoms with Crippen molar-refractivity contribution in [2.75, 3.05) is 13.1 Å². The maximum Gasteiger partial charge on any atom is 0.443 e. The van der Waals surface area contributed by atoms with Gasteiger partial charge in [-0.3, -0.25) is 0 Å². The number of thiazole rings is 1. The first kappa shape index (κ1) is 15.4. The highest BCUT2D eigenvalue weighted by atomic mass is 32.1. The van der Waals surface area contributed by atoms with Crippen LogP contribution in [0.4, 0.5) is 13.2 Å². The van der Waals surface area contributed by atoms with E-state index in [-0.39, 0.29) is 11.4 Å². The van der Waals surface area contributed by atoms with Gasteiger partial charge in [0.1, 0.15) is 5.60 Å². The Morgan fingerprint density at radius 3 is 2.50 bits per heavy atom. The van der Waals surface area contributed by atoms with Gasteiger partial charge in [-0.25, -0.2) is 4.98 Å². The Bertz CT molecular complexity index is 388. The molecule has 1 atom stereocenters. The average molecular weight is 282 g/mol. The number of aliphatic hydroxyl groups is 1. The third kappa shape index (κ3) is 4.22. The van der Waals surface area contributed by atoms with Crippen LogP contribution in [0.25, 0.3) is 0 Å². The quantitative estimate of drug-likeness (QED) is 0.872. The lowest BCUT2D eigenvalue weighted by Gasteiger charge is -2.22. The van der Waals surface area contributed by atoms with Gasteiger partial charge in [-0.15, -0.1) is 11.3 Å². The van der Waals surface area contributed by atoms with Crippen molar-refractivity contribution >= 4 is 11.3 Å². The van der Waals surface area contributed by atoms with Gasteiger partial charge in [-0.1, -0.05) is 13.8 Å². The average Bonchev–Trinajstić information content (AvgIpc) is 2.64. The lowest BCUT2D eigenvalue weighted by Crippen LogP contribution is -2.36. The van der Waals surface area contributed by atoms with Gasteiger partial charge >= 0.3 is 6.18 Å². The van der Waals surface area contributed by atoms with Crippen LogP contribution < -0.4 is 5.32 Å². The molecule has 0 aliphatic heterocycles. The van der Waals surface area contributed by atoms with Crippen LogP contribution in [0.5, 0.6) is 0 Å². The topological polar surface area (TPSA) is 45.1 Å². The SMILES string of the molecule is CC(C)CNCC(C)(O)c1cnc(C(F)(F)F)s1. The van der Waals surface area contributed by atoms with E-state index >= 15 is 0 Å². The van der Waals surface area contributed by atoms with E-state index in [9.17, 15) is 18.3 Å². The highest BCUT2D eigenvalue weighted by Crippen LogP contribution is 2.35. The molecule has 0 aromatic carbocycles. The minimum atomic E-state index is -4.45. The molecule has 0 radical (unpaired) electrons. The van der Waals surface area contributed by atoms with Crippen LogP contribution >= 0.6 is 11.3 Å². The highest BCUT2D eigenvalue weighted by molar-refractivity contribution is 7.11. The van der Waals surface area contributed by atoms with E-state index in [1.807, 2.05) is 13.8 Å². The summed E-state index contributed by atoms with van der Waals surface area (Å²) in [5.74, 6) is 0.410. The van der Waals surface area contributed by atoms with E-state index in [4.69, 9.17) is 0 Å². The summed E-state index contributed by atoms with van der Waals surface area (Å²) < 4.78 is 37.2. The molecule has 0 amide bonds. The highest BCUT2D eigenvalue weighted by Gasteiger charge is 2.37. The molecule has 1 heterocycles. The Morgan fingerprint density at radius 1 is 1.44 bits per heavy atom. The van der Waals surface area contributed by atoms with Gasteiger partial charge in [0.25, 0.3) is 0 Å². The summed E-state index contributed by atoms with van der Waals surface area (Å²) in [7, 11) is 0. The first-order valence-electron chi connectivity index (χ1n) is 5.59. The summed E-state index contributed by atoms with van der Waals surface area (Å²) >= 11 is 0.479. The van der Waals surface area contributed by atoms with Gasteiger partial charge < -0.3 is 10.4 Å². The predicted octanol–water partition coefficient (Wildman–Crippen LogP) is 2.62. The second-order valence-electron chi connectivity index (χ2n) is 4.83. The molecular weight excluding hydrogens is 265 g/mol. The van der Waals surface area contributed by atoms with E-state index in [1.54, 1.807) is 0 Å². The molecule has 0 aliphatic rings. The Hall–Kier alpha value is -0.660. The second-order valence-corrected chi connectivity index (χ2v) is 5.86. The van der Waals surface area contributed by atoms with Crippen LogP contribution in [-0.4, -0.2) is 23.2 Å². The third-order valence-corrected chi connectivity index (χ3v) is 3.60. The van der Waals surface area contributed by atoms with Crippen molar-refractivity contribution in [3.8, 4) is 0 Å². The first-order chi connectivity index (χ1) is 8.13. The summed E-state index contributed by atoms with van der Waals surface area (Å²) in [5, 5.41) is 12.2. The minimum absolute atomic E-state index is 0.199. The van der Waals surface area contributed by atoms with Crippen LogP contribution in [0, 0.1) is 5.92 Å². The molecule has 3 nitrogen and oxygen atoms in total. The molecule has 0 saturated heterocycles. The summed E-state index contributed by atoms with van der Waals surface area (Å²) in [4.78, 5) is 3.52. The van der Waals surface area contributed by atoms with E-state index < -0.39 is 16.8 Å². The van der Waals surface area contributed by atoms with E-state index in [2.05, 4.69) is 10.3 Å². The molecule has 1 aromatic rings. The Labute approximate surface area is 108 Å². The minimum Gasteiger partial charge on any atom is -0.383 e. The number of hydrogen-bond donors (Lipinski definition) is 2. The molecule has 1 rings (SSSR count). The van der Waals surface area contributed by atoms with E-state index in [1.165, 1.54) is 6.92 Å². The molecule has 1 aromatic heterocycles. The smallest absolute Gasteiger partial charge is 0.383 e. The largest absolute Gasteiger partial charge is 0.443 e. The number of alkyl halides is 3. The maximum atomic E-state index is 12.4. The van der Waals surface area contributed by atoms with Crippen molar-refractivity contribution in [3.63, 3.8) is 0 Å².